The van der Waals surface area contributed by atoms with E-state index in [0.29, 0.717) is 5.95 Å². The number of piperazine rings is 1. The highest BCUT2D eigenvalue weighted by Gasteiger charge is 2.22. The average molecular weight is 288 g/mol. The molecule has 8 nitrogen and oxygen atoms in total. The Morgan fingerprint density at radius 2 is 1.67 bits per heavy atom. The molecule has 0 bridgehead atoms. The third kappa shape index (κ3) is 2.74. The Kier molecular flexibility index (Phi) is 3.36. The first-order valence-electron chi connectivity index (χ1n) is 7.01. The maximum atomic E-state index is 5.73. The minimum Gasteiger partial charge on any atom is -0.368 e. The molecule has 21 heavy (non-hydrogen) atoms. The first-order chi connectivity index (χ1) is 10.0. The van der Waals surface area contributed by atoms with Gasteiger partial charge in [-0.15, -0.1) is 0 Å². The maximum absolute atomic E-state index is 5.73. The van der Waals surface area contributed by atoms with Gasteiger partial charge < -0.3 is 15.5 Å². The summed E-state index contributed by atoms with van der Waals surface area (Å²) in [4.78, 5) is 17.4. The van der Waals surface area contributed by atoms with Gasteiger partial charge in [0, 0.05) is 45.0 Å². The molecule has 3 heterocycles. The molecule has 0 atom stereocenters. The van der Waals surface area contributed by atoms with Crippen molar-refractivity contribution in [1.82, 2.24) is 24.7 Å². The molecule has 1 fully saturated rings. The largest absolute Gasteiger partial charge is 0.368 e. The van der Waals surface area contributed by atoms with Crippen molar-refractivity contribution in [2.24, 2.45) is 7.05 Å². The van der Waals surface area contributed by atoms with Crippen molar-refractivity contribution in [3.05, 3.63) is 17.6 Å². The highest BCUT2D eigenvalue weighted by molar-refractivity contribution is 5.45. The Bertz CT molecular complexity index is 621. The van der Waals surface area contributed by atoms with Crippen molar-refractivity contribution in [3.63, 3.8) is 0 Å². The van der Waals surface area contributed by atoms with Crippen molar-refractivity contribution >= 4 is 17.7 Å². The van der Waals surface area contributed by atoms with Gasteiger partial charge >= 0.3 is 0 Å². The van der Waals surface area contributed by atoms with Crippen LogP contribution in [0.2, 0.25) is 0 Å². The van der Waals surface area contributed by atoms with Crippen LogP contribution in [0, 0.1) is 13.8 Å². The number of anilines is 3. The fourth-order valence-electron chi connectivity index (χ4n) is 2.65. The lowest BCUT2D eigenvalue weighted by atomic mass is 10.3. The molecule has 1 saturated heterocycles. The van der Waals surface area contributed by atoms with Gasteiger partial charge in [0.15, 0.2) is 0 Å². The molecule has 0 radical (unpaired) electrons. The molecule has 1 aliphatic rings. The minimum absolute atomic E-state index is 0.330. The quantitative estimate of drug-likeness (QED) is 0.840. The predicted molar refractivity (Wildman–Crippen MR) is 81.3 cm³/mol. The van der Waals surface area contributed by atoms with Crippen LogP contribution in [0.5, 0.6) is 0 Å². The molecule has 1 aliphatic heterocycles. The number of nitrogen functional groups attached to an aromatic ring is 1. The van der Waals surface area contributed by atoms with Gasteiger partial charge in [-0.2, -0.15) is 15.1 Å². The predicted octanol–water partition coefficient (Wildman–Crippen LogP) is 0.131. The van der Waals surface area contributed by atoms with Gasteiger partial charge in [0.1, 0.15) is 11.6 Å². The summed E-state index contributed by atoms with van der Waals surface area (Å²) in [5.41, 5.74) is 6.62. The first-order valence-corrected chi connectivity index (χ1v) is 7.01. The lowest BCUT2D eigenvalue weighted by molar-refractivity contribution is 0.614. The van der Waals surface area contributed by atoms with Crippen LogP contribution in [-0.2, 0) is 7.05 Å². The van der Waals surface area contributed by atoms with E-state index in [9.17, 15) is 0 Å². The third-order valence-corrected chi connectivity index (χ3v) is 3.59. The van der Waals surface area contributed by atoms with E-state index in [1.165, 1.54) is 0 Å². The van der Waals surface area contributed by atoms with Crippen molar-refractivity contribution < 1.29 is 0 Å². The molecule has 0 saturated carbocycles. The van der Waals surface area contributed by atoms with Crippen LogP contribution in [0.25, 0.3) is 0 Å². The molecular weight excluding hydrogens is 268 g/mol. The summed E-state index contributed by atoms with van der Waals surface area (Å²) in [7, 11) is 1.93. The topological polar surface area (TPSA) is 89.0 Å². The molecule has 0 amide bonds. The number of rotatable bonds is 2. The van der Waals surface area contributed by atoms with E-state index in [1.807, 2.05) is 31.6 Å². The fourth-order valence-corrected chi connectivity index (χ4v) is 2.65. The lowest BCUT2D eigenvalue weighted by Crippen LogP contribution is -2.47. The van der Waals surface area contributed by atoms with Gasteiger partial charge in [0.25, 0.3) is 0 Å². The van der Waals surface area contributed by atoms with E-state index in [-0.39, 0.29) is 0 Å². The normalized spacial score (nSPS) is 15.6. The van der Waals surface area contributed by atoms with Crippen LogP contribution >= 0.6 is 0 Å². The highest BCUT2D eigenvalue weighted by Crippen LogP contribution is 2.18. The zero-order valence-electron chi connectivity index (χ0n) is 12.6. The Balaban J connectivity index is 1.71. The van der Waals surface area contributed by atoms with Crippen molar-refractivity contribution in [2.75, 3.05) is 41.7 Å². The van der Waals surface area contributed by atoms with Crippen LogP contribution in [0.4, 0.5) is 17.7 Å². The average Bonchev–Trinajstić information content (AvgIpc) is 2.77. The molecule has 2 aromatic rings. The number of aryl methyl sites for hydroxylation is 3. The summed E-state index contributed by atoms with van der Waals surface area (Å²) >= 11 is 0. The summed E-state index contributed by atoms with van der Waals surface area (Å²) in [5, 5.41) is 4.30. The van der Waals surface area contributed by atoms with Crippen molar-refractivity contribution in [1.29, 1.82) is 0 Å². The number of nitrogens with zero attached hydrogens (tertiary/aromatic N) is 7. The zero-order valence-corrected chi connectivity index (χ0v) is 12.6. The van der Waals surface area contributed by atoms with E-state index in [2.05, 4.69) is 29.9 Å². The molecule has 0 unspecified atom stereocenters. The van der Waals surface area contributed by atoms with E-state index >= 15 is 0 Å². The monoisotopic (exact) mass is 288 g/mol. The first kappa shape index (κ1) is 13.6. The summed E-state index contributed by atoms with van der Waals surface area (Å²) in [6.07, 6.45) is 0. The number of hydrogen-bond acceptors (Lipinski definition) is 7. The summed E-state index contributed by atoms with van der Waals surface area (Å²) in [5.74, 6) is 2.95. The molecule has 3 rings (SSSR count). The lowest BCUT2D eigenvalue weighted by Gasteiger charge is -2.35. The molecular formula is C13H20N8. The SMILES string of the molecule is Cc1cc(N2CCN(c3nc(C)nn3C)CC2)nc(N)n1. The van der Waals surface area contributed by atoms with E-state index in [1.54, 1.807) is 0 Å². The standard InChI is InChI=1S/C13H20N8/c1-9-8-11(17-12(14)15-9)20-4-6-21(7-5-20)13-16-10(2)18-19(13)3/h8H,4-7H2,1-3H3,(H2,14,15,17). The van der Waals surface area contributed by atoms with Crippen LogP contribution in [-0.4, -0.2) is 50.9 Å². The van der Waals surface area contributed by atoms with Crippen LogP contribution in [0.3, 0.4) is 0 Å². The summed E-state index contributed by atoms with van der Waals surface area (Å²) in [6.45, 7) is 7.36. The number of aromatic nitrogens is 5. The van der Waals surface area contributed by atoms with E-state index in [0.717, 1.165) is 49.5 Å². The smallest absolute Gasteiger partial charge is 0.223 e. The Hall–Kier alpha value is -2.38. The van der Waals surface area contributed by atoms with E-state index < -0.39 is 0 Å². The van der Waals surface area contributed by atoms with Gasteiger partial charge in [-0.25, -0.2) is 9.67 Å². The van der Waals surface area contributed by atoms with Gasteiger partial charge in [-0.3, -0.25) is 0 Å². The minimum atomic E-state index is 0.330. The van der Waals surface area contributed by atoms with Crippen LogP contribution in [0.1, 0.15) is 11.5 Å². The third-order valence-electron chi connectivity index (χ3n) is 3.59. The van der Waals surface area contributed by atoms with Gasteiger partial charge in [-0.05, 0) is 13.8 Å². The molecule has 0 spiro atoms. The molecule has 0 aliphatic carbocycles. The maximum Gasteiger partial charge on any atom is 0.223 e. The number of hydrogen-bond donors (Lipinski definition) is 1. The van der Waals surface area contributed by atoms with Gasteiger partial charge in [-0.1, -0.05) is 0 Å². The molecule has 0 aromatic carbocycles. The summed E-state index contributed by atoms with van der Waals surface area (Å²) < 4.78 is 1.83. The molecule has 2 aromatic heterocycles. The fraction of sp³-hybridized carbons (Fsp3) is 0.538. The molecule has 8 heteroatoms. The Morgan fingerprint density at radius 1 is 1.00 bits per heavy atom. The van der Waals surface area contributed by atoms with Gasteiger partial charge in [0.2, 0.25) is 11.9 Å². The second-order valence-corrected chi connectivity index (χ2v) is 5.28. The van der Waals surface area contributed by atoms with Crippen LogP contribution < -0.4 is 15.5 Å². The van der Waals surface area contributed by atoms with E-state index in [4.69, 9.17) is 5.73 Å². The zero-order chi connectivity index (χ0) is 15.0. The van der Waals surface area contributed by atoms with Crippen LogP contribution in [0.15, 0.2) is 6.07 Å². The molecule has 112 valence electrons. The Morgan fingerprint density at radius 3 is 2.24 bits per heavy atom. The second-order valence-electron chi connectivity index (χ2n) is 5.28. The van der Waals surface area contributed by atoms with Crippen molar-refractivity contribution in [3.8, 4) is 0 Å². The van der Waals surface area contributed by atoms with Gasteiger partial charge in [0.05, 0.1) is 0 Å². The highest BCUT2D eigenvalue weighted by atomic mass is 15.4. The second kappa shape index (κ2) is 5.19. The number of nitrogens with two attached hydrogens (primary N) is 1. The summed E-state index contributed by atoms with van der Waals surface area (Å²) in [6, 6.07) is 1.97. The van der Waals surface area contributed by atoms with Crippen molar-refractivity contribution in [2.45, 2.75) is 13.8 Å². The molecule has 2 N–H and O–H groups in total. The Labute approximate surface area is 123 Å².